The Morgan fingerprint density at radius 3 is 2.55 bits per heavy atom. The van der Waals surface area contributed by atoms with Gasteiger partial charge in [0, 0.05) is 24.6 Å². The first-order chi connectivity index (χ1) is 16.0. The summed E-state index contributed by atoms with van der Waals surface area (Å²) in [6.07, 6.45) is 9.66. The Bertz CT molecular complexity index is 1110. The maximum Gasteiger partial charge on any atom is 0.355 e. The van der Waals surface area contributed by atoms with E-state index in [-0.39, 0.29) is 11.5 Å². The summed E-state index contributed by atoms with van der Waals surface area (Å²) in [5, 5.41) is 14.0. The molecule has 0 spiro atoms. The van der Waals surface area contributed by atoms with Crippen LogP contribution in [0.3, 0.4) is 0 Å². The van der Waals surface area contributed by atoms with Gasteiger partial charge in [-0.05, 0) is 29.5 Å². The Morgan fingerprint density at radius 2 is 1.85 bits per heavy atom. The van der Waals surface area contributed by atoms with E-state index >= 15 is 0 Å². The molecule has 2 aromatic heterocycles. The second kappa shape index (κ2) is 10.5. The summed E-state index contributed by atoms with van der Waals surface area (Å²) in [7, 11) is 0. The molecule has 1 aliphatic carbocycles. The standard InChI is InChI=1S/C26H30N4O3/c1-2-7-23-28-25(22(31)16-18-8-4-3-5-9-18)29-30(23)17-19-11-13-20(14-12-19)21-10-6-15-27-24(21)26(32)33/h6,10-15,18H,2-5,7-9,16-17H2,1H3,(H,32,33). The van der Waals surface area contributed by atoms with Crippen molar-refractivity contribution in [3.63, 3.8) is 0 Å². The van der Waals surface area contributed by atoms with Crippen molar-refractivity contribution in [2.24, 2.45) is 5.92 Å². The highest BCUT2D eigenvalue weighted by molar-refractivity contribution is 5.94. The number of hydrogen-bond donors (Lipinski definition) is 1. The molecule has 0 amide bonds. The minimum Gasteiger partial charge on any atom is -0.476 e. The fourth-order valence-electron chi connectivity index (χ4n) is 4.54. The Kier molecular flexibility index (Phi) is 7.27. The lowest BCUT2D eigenvalue weighted by Gasteiger charge is -2.19. The number of benzene rings is 1. The lowest BCUT2D eigenvalue weighted by atomic mass is 9.86. The van der Waals surface area contributed by atoms with E-state index in [9.17, 15) is 14.7 Å². The number of carboxylic acid groups (broad SMARTS) is 1. The number of pyridine rings is 1. The molecule has 7 nitrogen and oxygen atoms in total. The topological polar surface area (TPSA) is 98.0 Å². The normalized spacial score (nSPS) is 14.3. The average Bonchev–Trinajstić information content (AvgIpc) is 3.23. The summed E-state index contributed by atoms with van der Waals surface area (Å²) in [5.41, 5.74) is 2.42. The molecule has 0 unspecified atom stereocenters. The Balaban J connectivity index is 1.51. The fraction of sp³-hybridized carbons (Fsp3) is 0.423. The van der Waals surface area contributed by atoms with E-state index in [1.54, 1.807) is 12.1 Å². The summed E-state index contributed by atoms with van der Waals surface area (Å²) < 4.78 is 1.83. The van der Waals surface area contributed by atoms with Crippen LogP contribution in [0.5, 0.6) is 0 Å². The van der Waals surface area contributed by atoms with Gasteiger partial charge in [-0.3, -0.25) is 4.79 Å². The molecule has 3 aromatic rings. The number of carbonyl (C=O) groups is 2. The zero-order chi connectivity index (χ0) is 23.2. The van der Waals surface area contributed by atoms with E-state index in [0.717, 1.165) is 42.6 Å². The lowest BCUT2D eigenvalue weighted by Crippen LogP contribution is -2.13. The summed E-state index contributed by atoms with van der Waals surface area (Å²) in [4.78, 5) is 32.9. The number of aromatic carboxylic acids is 1. The molecule has 1 aromatic carbocycles. The van der Waals surface area contributed by atoms with Crippen LogP contribution >= 0.6 is 0 Å². The van der Waals surface area contributed by atoms with Gasteiger partial charge in [-0.1, -0.05) is 69.4 Å². The number of aryl methyl sites for hydroxylation is 1. The van der Waals surface area contributed by atoms with E-state index in [0.29, 0.717) is 30.3 Å². The van der Waals surface area contributed by atoms with Crippen LogP contribution in [0.25, 0.3) is 11.1 Å². The van der Waals surface area contributed by atoms with Gasteiger partial charge in [0.25, 0.3) is 0 Å². The molecular formula is C26H30N4O3. The second-order valence-electron chi connectivity index (χ2n) is 8.79. The van der Waals surface area contributed by atoms with Crippen molar-refractivity contribution in [2.45, 2.75) is 64.8 Å². The van der Waals surface area contributed by atoms with Gasteiger partial charge in [0.05, 0.1) is 6.54 Å². The van der Waals surface area contributed by atoms with Crippen LogP contribution in [0.1, 0.15) is 84.4 Å². The van der Waals surface area contributed by atoms with Crippen LogP contribution in [-0.2, 0) is 13.0 Å². The summed E-state index contributed by atoms with van der Waals surface area (Å²) in [5.74, 6) is 0.623. The van der Waals surface area contributed by atoms with Crippen LogP contribution in [0.2, 0.25) is 0 Å². The molecule has 1 saturated carbocycles. The predicted octanol–water partition coefficient (Wildman–Crippen LogP) is 5.19. The fourth-order valence-corrected chi connectivity index (χ4v) is 4.54. The third kappa shape index (κ3) is 5.53. The smallest absolute Gasteiger partial charge is 0.355 e. The summed E-state index contributed by atoms with van der Waals surface area (Å²) in [6, 6.07) is 11.2. The first kappa shape index (κ1) is 22.8. The largest absolute Gasteiger partial charge is 0.476 e. The second-order valence-corrected chi connectivity index (χ2v) is 8.79. The molecule has 0 aliphatic heterocycles. The Hall–Kier alpha value is -3.35. The molecule has 0 bridgehead atoms. The minimum atomic E-state index is -1.05. The van der Waals surface area contributed by atoms with Crippen molar-refractivity contribution >= 4 is 11.8 Å². The van der Waals surface area contributed by atoms with E-state index in [2.05, 4.69) is 22.0 Å². The number of Topliss-reactive ketones (excluding diaryl/α,β-unsaturated/α-hetero) is 1. The van der Waals surface area contributed by atoms with Gasteiger partial charge >= 0.3 is 5.97 Å². The third-order valence-electron chi connectivity index (χ3n) is 6.28. The quantitative estimate of drug-likeness (QED) is 0.454. The molecule has 0 atom stereocenters. The van der Waals surface area contributed by atoms with Crippen LogP contribution in [0, 0.1) is 5.92 Å². The van der Waals surface area contributed by atoms with E-state index in [1.165, 1.54) is 25.5 Å². The zero-order valence-corrected chi connectivity index (χ0v) is 19.0. The monoisotopic (exact) mass is 446 g/mol. The predicted molar refractivity (Wildman–Crippen MR) is 125 cm³/mol. The van der Waals surface area contributed by atoms with Crippen molar-refractivity contribution in [1.29, 1.82) is 0 Å². The maximum absolute atomic E-state index is 12.8. The van der Waals surface area contributed by atoms with Gasteiger partial charge in [-0.15, -0.1) is 5.10 Å². The van der Waals surface area contributed by atoms with Crippen LogP contribution in [-0.4, -0.2) is 36.6 Å². The number of ketones is 1. The highest BCUT2D eigenvalue weighted by atomic mass is 16.4. The number of hydrogen-bond acceptors (Lipinski definition) is 5. The molecule has 33 heavy (non-hydrogen) atoms. The van der Waals surface area contributed by atoms with Crippen LogP contribution in [0.15, 0.2) is 42.6 Å². The molecule has 0 saturated heterocycles. The highest BCUT2D eigenvalue weighted by Gasteiger charge is 2.22. The van der Waals surface area contributed by atoms with Crippen molar-refractivity contribution in [3.8, 4) is 11.1 Å². The van der Waals surface area contributed by atoms with Crippen molar-refractivity contribution < 1.29 is 14.7 Å². The maximum atomic E-state index is 12.8. The van der Waals surface area contributed by atoms with Crippen molar-refractivity contribution in [3.05, 3.63) is 65.5 Å². The zero-order valence-electron chi connectivity index (χ0n) is 19.0. The number of carboxylic acids is 1. The molecular weight excluding hydrogens is 416 g/mol. The molecule has 1 N–H and O–H groups in total. The van der Waals surface area contributed by atoms with Crippen molar-refractivity contribution in [2.75, 3.05) is 0 Å². The molecule has 4 rings (SSSR count). The SMILES string of the molecule is CCCc1nc(C(=O)CC2CCCCC2)nn1Cc1ccc(-c2cccnc2C(=O)O)cc1. The van der Waals surface area contributed by atoms with E-state index in [1.807, 2.05) is 28.9 Å². The Labute approximate surface area is 193 Å². The number of carbonyl (C=O) groups excluding carboxylic acids is 1. The molecule has 172 valence electrons. The molecule has 7 heteroatoms. The van der Waals surface area contributed by atoms with Gasteiger partial charge in [0.1, 0.15) is 5.82 Å². The first-order valence-corrected chi connectivity index (χ1v) is 11.8. The number of aromatic nitrogens is 4. The van der Waals surface area contributed by atoms with Gasteiger partial charge < -0.3 is 5.11 Å². The van der Waals surface area contributed by atoms with Crippen LogP contribution < -0.4 is 0 Å². The van der Waals surface area contributed by atoms with E-state index in [4.69, 9.17) is 0 Å². The van der Waals surface area contributed by atoms with Crippen molar-refractivity contribution in [1.82, 2.24) is 19.7 Å². The number of nitrogens with zero attached hydrogens (tertiary/aromatic N) is 4. The third-order valence-corrected chi connectivity index (χ3v) is 6.28. The van der Waals surface area contributed by atoms with Gasteiger partial charge in [-0.2, -0.15) is 0 Å². The van der Waals surface area contributed by atoms with Crippen LogP contribution in [0.4, 0.5) is 0 Å². The molecule has 0 radical (unpaired) electrons. The van der Waals surface area contributed by atoms with Gasteiger partial charge in [0.2, 0.25) is 11.6 Å². The van der Waals surface area contributed by atoms with Gasteiger partial charge in [-0.25, -0.2) is 19.4 Å². The lowest BCUT2D eigenvalue weighted by molar-refractivity contribution is 0.0691. The molecule has 1 aliphatic rings. The summed E-state index contributed by atoms with van der Waals surface area (Å²) >= 11 is 0. The van der Waals surface area contributed by atoms with Gasteiger partial charge in [0.15, 0.2) is 5.69 Å². The first-order valence-electron chi connectivity index (χ1n) is 11.8. The Morgan fingerprint density at radius 1 is 1.09 bits per heavy atom. The highest BCUT2D eigenvalue weighted by Crippen LogP contribution is 2.27. The number of rotatable bonds is 9. The van der Waals surface area contributed by atoms with E-state index < -0.39 is 5.97 Å². The summed E-state index contributed by atoms with van der Waals surface area (Å²) in [6.45, 7) is 2.60. The molecule has 1 fully saturated rings. The minimum absolute atomic E-state index is 0.0351. The average molecular weight is 447 g/mol. The molecule has 2 heterocycles.